The van der Waals surface area contributed by atoms with Gasteiger partial charge in [0.25, 0.3) is 10.0 Å². The summed E-state index contributed by atoms with van der Waals surface area (Å²) in [7, 11) is -1.50. The number of benzene rings is 2. The molecular formula is C16H14Cl3NO5S. The number of methoxy groups -OCH3 is 2. The average molecular weight is 439 g/mol. The molecule has 2 aromatic carbocycles. The number of hydrogen-bond donors (Lipinski definition) is 0. The first-order valence-electron chi connectivity index (χ1n) is 7.09. The molecule has 0 heterocycles. The second kappa shape index (κ2) is 8.35. The summed E-state index contributed by atoms with van der Waals surface area (Å²) in [6, 6.07) is 8.50. The zero-order valence-corrected chi connectivity index (χ0v) is 16.8. The van der Waals surface area contributed by atoms with Gasteiger partial charge in [0.05, 0.1) is 24.9 Å². The quantitative estimate of drug-likeness (QED) is 0.612. The lowest BCUT2D eigenvalue weighted by atomic mass is 10.2. The van der Waals surface area contributed by atoms with E-state index >= 15 is 0 Å². The molecule has 0 amide bonds. The van der Waals surface area contributed by atoms with Crippen LogP contribution < -0.4 is 13.8 Å². The van der Waals surface area contributed by atoms with E-state index in [9.17, 15) is 13.2 Å². The Balaban J connectivity index is 2.72. The SMILES string of the molecule is COc1ccc(OC)c(N(CC(=O)Cl)S(=O)(=O)c2cc(Cl)ccc2Cl)c1. The van der Waals surface area contributed by atoms with E-state index in [1.54, 1.807) is 6.07 Å². The van der Waals surface area contributed by atoms with E-state index in [1.807, 2.05) is 0 Å². The molecular weight excluding hydrogens is 425 g/mol. The van der Waals surface area contributed by atoms with Gasteiger partial charge in [-0.05, 0) is 41.9 Å². The van der Waals surface area contributed by atoms with Gasteiger partial charge in [-0.25, -0.2) is 8.42 Å². The summed E-state index contributed by atoms with van der Waals surface area (Å²) < 4.78 is 37.5. The maximum absolute atomic E-state index is 13.2. The fourth-order valence-electron chi connectivity index (χ4n) is 2.20. The number of sulfonamides is 1. The summed E-state index contributed by atoms with van der Waals surface area (Å²) in [5.41, 5.74) is 0.0666. The molecule has 0 saturated heterocycles. The number of nitrogens with zero attached hydrogens (tertiary/aromatic N) is 1. The van der Waals surface area contributed by atoms with E-state index in [2.05, 4.69) is 0 Å². The van der Waals surface area contributed by atoms with Gasteiger partial charge in [-0.2, -0.15) is 0 Å². The predicted molar refractivity (Wildman–Crippen MR) is 101 cm³/mol. The standard InChI is InChI=1S/C16H14Cl3NO5S/c1-24-11-4-6-14(25-2)13(8-11)20(9-16(19)21)26(22,23)15-7-10(17)3-5-12(15)18/h3-8H,9H2,1-2H3. The number of carbonyl (C=O) groups is 1. The van der Waals surface area contributed by atoms with Gasteiger partial charge in [-0.1, -0.05) is 23.2 Å². The highest BCUT2D eigenvalue weighted by atomic mass is 35.5. The van der Waals surface area contributed by atoms with Crippen molar-refractivity contribution in [3.05, 3.63) is 46.4 Å². The Kier molecular flexibility index (Phi) is 6.63. The molecule has 0 radical (unpaired) electrons. The van der Waals surface area contributed by atoms with Crippen LogP contribution in [0.25, 0.3) is 0 Å². The average Bonchev–Trinajstić information content (AvgIpc) is 2.60. The lowest BCUT2D eigenvalue weighted by Gasteiger charge is -2.25. The van der Waals surface area contributed by atoms with Crippen LogP contribution in [0.1, 0.15) is 0 Å². The summed E-state index contributed by atoms with van der Waals surface area (Å²) in [5, 5.41) is -0.775. The monoisotopic (exact) mass is 437 g/mol. The molecule has 0 atom stereocenters. The molecule has 26 heavy (non-hydrogen) atoms. The topological polar surface area (TPSA) is 72.9 Å². The smallest absolute Gasteiger partial charge is 0.266 e. The van der Waals surface area contributed by atoms with Crippen LogP contribution in [0, 0.1) is 0 Å². The number of anilines is 1. The minimum absolute atomic E-state index is 0.0525. The van der Waals surface area contributed by atoms with Gasteiger partial charge in [0, 0.05) is 11.1 Å². The third-order valence-electron chi connectivity index (χ3n) is 3.38. The first-order chi connectivity index (χ1) is 12.2. The van der Waals surface area contributed by atoms with Crippen LogP contribution in [-0.4, -0.2) is 34.4 Å². The molecule has 0 N–H and O–H groups in total. The minimum Gasteiger partial charge on any atom is -0.497 e. The van der Waals surface area contributed by atoms with Crippen LogP contribution in [0.2, 0.25) is 10.0 Å². The summed E-state index contributed by atoms with van der Waals surface area (Å²) in [6.07, 6.45) is 0. The second-order valence-corrected chi connectivity index (χ2v) is 8.08. The molecule has 0 aliphatic carbocycles. The van der Waals surface area contributed by atoms with Crippen LogP contribution in [0.5, 0.6) is 11.5 Å². The fourth-order valence-corrected chi connectivity index (χ4v) is 4.55. The van der Waals surface area contributed by atoms with Crippen LogP contribution in [0.4, 0.5) is 5.69 Å². The summed E-state index contributed by atoms with van der Waals surface area (Å²) in [5.74, 6) is 0.561. The van der Waals surface area contributed by atoms with Gasteiger partial charge in [-0.3, -0.25) is 9.10 Å². The van der Waals surface area contributed by atoms with Crippen molar-refractivity contribution in [2.45, 2.75) is 4.90 Å². The van der Waals surface area contributed by atoms with E-state index in [0.717, 1.165) is 4.31 Å². The summed E-state index contributed by atoms with van der Waals surface area (Å²) >= 11 is 17.4. The van der Waals surface area contributed by atoms with Crippen molar-refractivity contribution in [3.8, 4) is 11.5 Å². The predicted octanol–water partition coefficient (Wildman–Crippen LogP) is 3.97. The van der Waals surface area contributed by atoms with Crippen molar-refractivity contribution in [3.63, 3.8) is 0 Å². The Morgan fingerprint density at radius 1 is 1.08 bits per heavy atom. The number of ether oxygens (including phenoxy) is 2. The Bertz CT molecular complexity index is 933. The molecule has 2 rings (SSSR count). The van der Waals surface area contributed by atoms with E-state index < -0.39 is 21.8 Å². The number of halogens is 3. The maximum atomic E-state index is 13.2. The van der Waals surface area contributed by atoms with Crippen molar-refractivity contribution in [1.82, 2.24) is 0 Å². The minimum atomic E-state index is -4.28. The molecule has 0 bridgehead atoms. The van der Waals surface area contributed by atoms with Crippen LogP contribution in [-0.2, 0) is 14.8 Å². The third kappa shape index (κ3) is 4.35. The van der Waals surface area contributed by atoms with E-state index in [-0.39, 0.29) is 26.4 Å². The zero-order valence-electron chi connectivity index (χ0n) is 13.7. The highest BCUT2D eigenvalue weighted by molar-refractivity contribution is 7.93. The van der Waals surface area contributed by atoms with Gasteiger partial charge >= 0.3 is 0 Å². The zero-order chi connectivity index (χ0) is 19.5. The first-order valence-corrected chi connectivity index (χ1v) is 9.66. The molecule has 0 aromatic heterocycles. The molecule has 0 unspecified atom stereocenters. The lowest BCUT2D eigenvalue weighted by molar-refractivity contribution is -0.110. The summed E-state index contributed by atoms with van der Waals surface area (Å²) in [4.78, 5) is 11.3. The van der Waals surface area contributed by atoms with Gasteiger partial charge in [-0.15, -0.1) is 0 Å². The van der Waals surface area contributed by atoms with Crippen molar-refractivity contribution in [2.24, 2.45) is 0 Å². The highest BCUT2D eigenvalue weighted by Crippen LogP contribution is 2.37. The molecule has 140 valence electrons. The highest BCUT2D eigenvalue weighted by Gasteiger charge is 2.31. The Morgan fingerprint density at radius 2 is 1.77 bits per heavy atom. The Hall–Kier alpha value is -1.67. The maximum Gasteiger partial charge on any atom is 0.266 e. The largest absolute Gasteiger partial charge is 0.497 e. The molecule has 0 aliphatic heterocycles. The third-order valence-corrected chi connectivity index (χ3v) is 5.98. The molecule has 0 aliphatic rings. The van der Waals surface area contributed by atoms with E-state index in [4.69, 9.17) is 44.3 Å². The molecule has 2 aromatic rings. The van der Waals surface area contributed by atoms with Gasteiger partial charge in [0.1, 0.15) is 22.9 Å². The summed E-state index contributed by atoms with van der Waals surface area (Å²) in [6.45, 7) is -0.643. The van der Waals surface area contributed by atoms with E-state index in [0.29, 0.717) is 5.75 Å². The van der Waals surface area contributed by atoms with Crippen LogP contribution in [0.3, 0.4) is 0 Å². The number of rotatable bonds is 7. The lowest BCUT2D eigenvalue weighted by Crippen LogP contribution is -2.35. The normalized spacial score (nSPS) is 11.1. The number of hydrogen-bond acceptors (Lipinski definition) is 5. The van der Waals surface area contributed by atoms with Gasteiger partial charge in [0.15, 0.2) is 0 Å². The fraction of sp³-hybridized carbons (Fsp3) is 0.188. The van der Waals surface area contributed by atoms with Crippen molar-refractivity contribution in [2.75, 3.05) is 25.1 Å². The van der Waals surface area contributed by atoms with Crippen molar-refractivity contribution >= 4 is 55.8 Å². The molecule has 10 heteroatoms. The van der Waals surface area contributed by atoms with Gasteiger partial charge < -0.3 is 9.47 Å². The second-order valence-electron chi connectivity index (χ2n) is 4.98. The molecule has 6 nitrogen and oxygen atoms in total. The molecule has 0 spiro atoms. The number of carbonyl (C=O) groups excluding carboxylic acids is 1. The molecule has 0 fully saturated rings. The van der Waals surface area contributed by atoms with E-state index in [1.165, 1.54) is 44.6 Å². The first kappa shape index (κ1) is 20.6. The van der Waals surface area contributed by atoms with Crippen LogP contribution in [0.15, 0.2) is 41.3 Å². The Labute approximate surface area is 166 Å². The Morgan fingerprint density at radius 3 is 2.35 bits per heavy atom. The van der Waals surface area contributed by atoms with Crippen LogP contribution >= 0.6 is 34.8 Å². The molecule has 0 saturated carbocycles. The van der Waals surface area contributed by atoms with Crippen molar-refractivity contribution in [1.29, 1.82) is 0 Å². The van der Waals surface area contributed by atoms with Gasteiger partial charge in [0.2, 0.25) is 5.24 Å². The van der Waals surface area contributed by atoms with Crippen molar-refractivity contribution < 1.29 is 22.7 Å².